The second-order valence-corrected chi connectivity index (χ2v) is 8.09. The van der Waals surface area contributed by atoms with Crippen LogP contribution in [0.4, 0.5) is 0 Å². The second kappa shape index (κ2) is 7.99. The number of halogens is 1. The fourth-order valence-electron chi connectivity index (χ4n) is 2.28. The van der Waals surface area contributed by atoms with Gasteiger partial charge in [-0.3, -0.25) is 4.79 Å². The van der Waals surface area contributed by atoms with Crippen molar-refractivity contribution in [3.8, 4) is 5.75 Å². The van der Waals surface area contributed by atoms with Crippen molar-refractivity contribution in [2.24, 2.45) is 0 Å². The van der Waals surface area contributed by atoms with Crippen LogP contribution in [-0.2, 0) is 10.0 Å². The van der Waals surface area contributed by atoms with Crippen LogP contribution in [0.15, 0.2) is 51.8 Å². The molecule has 0 aliphatic heterocycles. The molecule has 8 heteroatoms. The Morgan fingerprint density at radius 1 is 1.20 bits per heavy atom. The summed E-state index contributed by atoms with van der Waals surface area (Å²) < 4.78 is 32.4. The summed E-state index contributed by atoms with van der Waals surface area (Å²) in [6.45, 7) is 1.86. The van der Waals surface area contributed by atoms with E-state index >= 15 is 0 Å². The molecule has 0 radical (unpaired) electrons. The van der Waals surface area contributed by atoms with Gasteiger partial charge in [0.15, 0.2) is 0 Å². The largest absolute Gasteiger partial charge is 0.495 e. The van der Waals surface area contributed by atoms with Crippen molar-refractivity contribution >= 4 is 31.9 Å². The fourth-order valence-corrected chi connectivity index (χ4v) is 3.61. The monoisotopic (exact) mass is 426 g/mol. The molecule has 0 aromatic heterocycles. The van der Waals surface area contributed by atoms with Gasteiger partial charge in [-0.25, -0.2) is 13.1 Å². The normalized spacial score (nSPS) is 12.5. The van der Waals surface area contributed by atoms with Gasteiger partial charge in [-0.05, 0) is 49.9 Å². The Labute approximate surface area is 155 Å². The summed E-state index contributed by atoms with van der Waals surface area (Å²) in [5.74, 6) is -0.200. The van der Waals surface area contributed by atoms with Gasteiger partial charge in [0.05, 0.1) is 13.2 Å². The molecular weight excluding hydrogens is 408 g/mol. The van der Waals surface area contributed by atoms with E-state index in [2.05, 4.69) is 26.0 Å². The lowest BCUT2D eigenvalue weighted by atomic mass is 10.1. The minimum absolute atomic E-state index is 0.0831. The van der Waals surface area contributed by atoms with Crippen LogP contribution < -0.4 is 14.8 Å². The highest BCUT2D eigenvalue weighted by molar-refractivity contribution is 9.10. The van der Waals surface area contributed by atoms with Gasteiger partial charge in [0, 0.05) is 10.0 Å². The van der Waals surface area contributed by atoms with Crippen LogP contribution in [0.1, 0.15) is 28.9 Å². The van der Waals surface area contributed by atoms with Crippen LogP contribution in [0.2, 0.25) is 0 Å². The Morgan fingerprint density at radius 3 is 2.52 bits per heavy atom. The van der Waals surface area contributed by atoms with Crippen molar-refractivity contribution in [2.75, 3.05) is 14.2 Å². The first kappa shape index (κ1) is 19.4. The molecule has 0 spiro atoms. The van der Waals surface area contributed by atoms with Gasteiger partial charge >= 0.3 is 0 Å². The van der Waals surface area contributed by atoms with Crippen molar-refractivity contribution in [2.45, 2.75) is 17.9 Å². The molecular formula is C17H19BrN2O4S. The first-order valence-corrected chi connectivity index (χ1v) is 9.74. The molecule has 0 fully saturated rings. The number of rotatable bonds is 6. The highest BCUT2D eigenvalue weighted by Gasteiger charge is 2.21. The molecule has 0 aliphatic carbocycles. The summed E-state index contributed by atoms with van der Waals surface area (Å²) in [5, 5.41) is 2.86. The topological polar surface area (TPSA) is 84.5 Å². The standard InChI is InChI=1S/C17H19BrN2O4S/c1-11(12-5-4-6-14(18)9-12)20-17(21)13-7-8-15(24-3)16(10-13)25(22,23)19-2/h4-11,19H,1-3H3,(H,20,21)/t11-/m0/s1. The first-order valence-electron chi connectivity index (χ1n) is 7.46. The van der Waals surface area contributed by atoms with Crippen LogP contribution in [0.5, 0.6) is 5.75 Å². The Morgan fingerprint density at radius 2 is 1.92 bits per heavy atom. The lowest BCUT2D eigenvalue weighted by Gasteiger charge is -2.16. The molecule has 2 aromatic carbocycles. The molecule has 1 amide bonds. The molecule has 0 unspecified atom stereocenters. The van der Waals surface area contributed by atoms with Crippen molar-refractivity contribution in [1.29, 1.82) is 0 Å². The maximum Gasteiger partial charge on any atom is 0.251 e. The molecule has 2 rings (SSSR count). The minimum Gasteiger partial charge on any atom is -0.495 e. The van der Waals surface area contributed by atoms with Crippen LogP contribution in [0.3, 0.4) is 0 Å². The van der Waals surface area contributed by atoms with E-state index in [-0.39, 0.29) is 28.2 Å². The third-order valence-electron chi connectivity index (χ3n) is 3.68. The summed E-state index contributed by atoms with van der Waals surface area (Å²) in [5.41, 5.74) is 1.16. The molecule has 2 aromatic rings. The van der Waals surface area contributed by atoms with Crippen LogP contribution in [0, 0.1) is 0 Å². The zero-order valence-electron chi connectivity index (χ0n) is 14.0. The van der Waals surface area contributed by atoms with E-state index in [0.29, 0.717) is 0 Å². The number of hydrogen-bond acceptors (Lipinski definition) is 4. The Bertz CT molecular complexity index is 884. The summed E-state index contributed by atoms with van der Waals surface area (Å²) >= 11 is 3.40. The SMILES string of the molecule is CNS(=O)(=O)c1cc(C(=O)N[C@@H](C)c2cccc(Br)c2)ccc1OC. The predicted molar refractivity (Wildman–Crippen MR) is 99.3 cm³/mol. The lowest BCUT2D eigenvalue weighted by molar-refractivity contribution is 0.0939. The molecule has 0 bridgehead atoms. The quantitative estimate of drug-likeness (QED) is 0.743. The van der Waals surface area contributed by atoms with Gasteiger partial charge in [-0.1, -0.05) is 28.1 Å². The van der Waals surface area contributed by atoms with Gasteiger partial charge in [-0.2, -0.15) is 0 Å². The summed E-state index contributed by atoms with van der Waals surface area (Å²) in [6, 6.07) is 11.6. The summed E-state index contributed by atoms with van der Waals surface area (Å²) in [7, 11) is -1.07. The maximum absolute atomic E-state index is 12.5. The Hall–Kier alpha value is -1.90. The summed E-state index contributed by atoms with van der Waals surface area (Å²) in [4.78, 5) is 12.4. The number of carbonyl (C=O) groups excluding carboxylic acids is 1. The number of sulfonamides is 1. The molecule has 1 atom stereocenters. The van der Waals surface area contributed by atoms with Crippen molar-refractivity contribution in [3.63, 3.8) is 0 Å². The van der Waals surface area contributed by atoms with E-state index in [9.17, 15) is 13.2 Å². The van der Waals surface area contributed by atoms with E-state index in [1.165, 1.54) is 32.4 Å². The molecule has 6 nitrogen and oxygen atoms in total. The smallest absolute Gasteiger partial charge is 0.251 e. The van der Waals surface area contributed by atoms with E-state index in [1.807, 2.05) is 31.2 Å². The van der Waals surface area contributed by atoms with E-state index < -0.39 is 10.0 Å². The Kier molecular flexibility index (Phi) is 6.21. The molecule has 2 N–H and O–H groups in total. The second-order valence-electron chi connectivity index (χ2n) is 5.32. The Balaban J connectivity index is 2.29. The molecule has 0 saturated heterocycles. The molecule has 25 heavy (non-hydrogen) atoms. The van der Waals surface area contributed by atoms with Gasteiger partial charge < -0.3 is 10.1 Å². The fraction of sp³-hybridized carbons (Fsp3) is 0.235. The van der Waals surface area contributed by atoms with Crippen LogP contribution in [-0.4, -0.2) is 28.5 Å². The highest BCUT2D eigenvalue weighted by atomic mass is 79.9. The van der Waals surface area contributed by atoms with E-state index in [0.717, 1.165) is 10.0 Å². The third-order valence-corrected chi connectivity index (χ3v) is 5.61. The number of ether oxygens (including phenoxy) is 1. The van der Waals surface area contributed by atoms with E-state index in [1.54, 1.807) is 0 Å². The van der Waals surface area contributed by atoms with Crippen molar-refractivity contribution < 1.29 is 17.9 Å². The van der Waals surface area contributed by atoms with Crippen molar-refractivity contribution in [3.05, 3.63) is 58.1 Å². The van der Waals surface area contributed by atoms with Gasteiger partial charge in [0.1, 0.15) is 10.6 Å². The molecule has 0 heterocycles. The number of methoxy groups -OCH3 is 1. The number of carbonyl (C=O) groups is 1. The van der Waals surface area contributed by atoms with E-state index in [4.69, 9.17) is 4.74 Å². The number of amides is 1. The predicted octanol–water partition coefficient (Wildman–Crippen LogP) is 2.86. The van der Waals surface area contributed by atoms with Gasteiger partial charge in [0.25, 0.3) is 5.91 Å². The molecule has 134 valence electrons. The average molecular weight is 427 g/mol. The zero-order chi connectivity index (χ0) is 18.6. The van der Waals surface area contributed by atoms with Gasteiger partial charge in [-0.15, -0.1) is 0 Å². The average Bonchev–Trinajstić information content (AvgIpc) is 2.61. The number of benzene rings is 2. The minimum atomic E-state index is -3.74. The molecule has 0 saturated carbocycles. The molecule has 0 aliphatic rings. The van der Waals surface area contributed by atoms with Crippen LogP contribution in [0.25, 0.3) is 0 Å². The van der Waals surface area contributed by atoms with Crippen LogP contribution >= 0.6 is 15.9 Å². The highest BCUT2D eigenvalue weighted by Crippen LogP contribution is 2.25. The van der Waals surface area contributed by atoms with Crippen molar-refractivity contribution in [1.82, 2.24) is 10.0 Å². The summed E-state index contributed by atoms with van der Waals surface area (Å²) in [6.07, 6.45) is 0. The third kappa shape index (κ3) is 4.59. The number of hydrogen-bond donors (Lipinski definition) is 2. The lowest BCUT2D eigenvalue weighted by Crippen LogP contribution is -2.27. The van der Waals surface area contributed by atoms with Gasteiger partial charge in [0.2, 0.25) is 10.0 Å². The zero-order valence-corrected chi connectivity index (χ0v) is 16.4. The first-order chi connectivity index (χ1) is 11.8. The number of nitrogens with one attached hydrogen (secondary N) is 2. The maximum atomic E-state index is 12.5.